The van der Waals surface area contributed by atoms with E-state index in [4.69, 9.17) is 9.84 Å². The van der Waals surface area contributed by atoms with E-state index in [1.165, 1.54) is 0 Å². The number of carbonyl (C=O) groups excluding carboxylic acids is 1. The van der Waals surface area contributed by atoms with Gasteiger partial charge in [0.1, 0.15) is 0 Å². The Morgan fingerprint density at radius 1 is 1.33 bits per heavy atom. The van der Waals surface area contributed by atoms with E-state index < -0.39 is 35.7 Å². The summed E-state index contributed by atoms with van der Waals surface area (Å²) in [4.78, 5) is 11.3. The Morgan fingerprint density at radius 3 is 2.33 bits per heavy atom. The summed E-state index contributed by atoms with van der Waals surface area (Å²) in [5.74, 6) is -6.93. The maximum atomic E-state index is 14.3. The lowest BCUT2D eigenvalue weighted by Crippen LogP contribution is -2.63. The predicted molar refractivity (Wildman–Crippen MR) is 61.5 cm³/mol. The van der Waals surface area contributed by atoms with Crippen LogP contribution in [0, 0.1) is 11.8 Å². The third-order valence-corrected chi connectivity index (χ3v) is 4.46. The fraction of sp³-hybridized carbons (Fsp3) is 0.769. The van der Waals surface area contributed by atoms with E-state index in [1.807, 2.05) is 0 Å². The number of aliphatic hydroxyl groups is 1. The highest BCUT2D eigenvalue weighted by atomic mass is 19.4. The quantitative estimate of drug-likeness (QED) is 0.493. The molecule has 2 aliphatic rings. The van der Waals surface area contributed by atoms with Crippen molar-refractivity contribution >= 4 is 5.97 Å². The summed E-state index contributed by atoms with van der Waals surface area (Å²) >= 11 is 0. The molecule has 0 aromatic rings. The standard InChI is InChI=1S/C13H15F5O3/c1-2-9(19)21-11(6-7-3-4-8(11)5-7)12(14,15)10(20)13(16,17)18/h2,7-8,10,20H,1,3-6H2. The van der Waals surface area contributed by atoms with Gasteiger partial charge >= 0.3 is 18.1 Å². The molecular weight excluding hydrogens is 299 g/mol. The zero-order chi connectivity index (χ0) is 16.1. The summed E-state index contributed by atoms with van der Waals surface area (Å²) < 4.78 is 71.0. The van der Waals surface area contributed by atoms with Gasteiger partial charge in [-0.05, 0) is 31.6 Å². The second kappa shape index (κ2) is 4.93. The number of fused-ring (bicyclic) bond motifs is 2. The van der Waals surface area contributed by atoms with Crippen LogP contribution in [0.25, 0.3) is 0 Å². The van der Waals surface area contributed by atoms with Gasteiger partial charge in [-0.25, -0.2) is 4.79 Å². The van der Waals surface area contributed by atoms with Crippen LogP contribution in [-0.2, 0) is 9.53 Å². The molecule has 2 fully saturated rings. The van der Waals surface area contributed by atoms with E-state index >= 15 is 0 Å². The first-order valence-corrected chi connectivity index (χ1v) is 6.52. The van der Waals surface area contributed by atoms with Crippen molar-refractivity contribution in [1.29, 1.82) is 0 Å². The van der Waals surface area contributed by atoms with Gasteiger partial charge in [0.05, 0.1) is 0 Å². The minimum Gasteiger partial charge on any atom is -0.449 e. The van der Waals surface area contributed by atoms with Gasteiger partial charge in [0.15, 0.2) is 5.60 Å². The lowest BCUT2D eigenvalue weighted by atomic mass is 9.76. The Bertz CT molecular complexity index is 448. The Hall–Kier alpha value is -1.18. The third kappa shape index (κ3) is 2.43. The number of esters is 1. The summed E-state index contributed by atoms with van der Waals surface area (Å²) in [6.45, 7) is 3.07. The molecule has 21 heavy (non-hydrogen) atoms. The normalized spacial score (nSPS) is 33.8. The summed E-state index contributed by atoms with van der Waals surface area (Å²) in [6, 6.07) is 0. The molecule has 2 rings (SSSR count). The molecule has 0 radical (unpaired) electrons. The van der Waals surface area contributed by atoms with Crippen LogP contribution in [0.5, 0.6) is 0 Å². The highest BCUT2D eigenvalue weighted by Crippen LogP contribution is 2.60. The van der Waals surface area contributed by atoms with Crippen LogP contribution in [0.2, 0.25) is 0 Å². The van der Waals surface area contributed by atoms with Gasteiger partial charge in [-0.2, -0.15) is 22.0 Å². The van der Waals surface area contributed by atoms with Crippen LogP contribution in [0.1, 0.15) is 25.7 Å². The van der Waals surface area contributed by atoms with Crippen LogP contribution in [0.4, 0.5) is 22.0 Å². The molecule has 0 spiro atoms. The molecule has 8 heteroatoms. The Balaban J connectivity index is 2.40. The first-order chi connectivity index (χ1) is 9.54. The number of alkyl halides is 5. The minimum atomic E-state index is -5.50. The molecule has 4 atom stereocenters. The molecule has 0 saturated heterocycles. The number of ether oxygens (including phenoxy) is 1. The second-order valence-electron chi connectivity index (χ2n) is 5.66. The average Bonchev–Trinajstić information content (AvgIpc) is 2.97. The lowest BCUT2D eigenvalue weighted by molar-refractivity contribution is -0.323. The monoisotopic (exact) mass is 314 g/mol. The fourth-order valence-electron chi connectivity index (χ4n) is 3.54. The number of carbonyl (C=O) groups is 1. The number of aliphatic hydroxyl groups excluding tert-OH is 1. The molecule has 2 aliphatic carbocycles. The zero-order valence-electron chi connectivity index (χ0n) is 11.0. The van der Waals surface area contributed by atoms with Crippen molar-refractivity contribution in [2.75, 3.05) is 0 Å². The van der Waals surface area contributed by atoms with Gasteiger partial charge in [-0.3, -0.25) is 0 Å². The van der Waals surface area contributed by atoms with Crippen molar-refractivity contribution in [3.05, 3.63) is 12.7 Å². The maximum Gasteiger partial charge on any atom is 0.420 e. The maximum absolute atomic E-state index is 14.3. The first-order valence-electron chi connectivity index (χ1n) is 6.52. The van der Waals surface area contributed by atoms with Crippen molar-refractivity contribution in [3.63, 3.8) is 0 Å². The SMILES string of the molecule is C=CC(=O)OC1(C(F)(F)C(O)C(F)(F)F)CC2CCC1C2. The first kappa shape index (κ1) is 16.2. The number of rotatable bonds is 4. The largest absolute Gasteiger partial charge is 0.449 e. The van der Waals surface area contributed by atoms with E-state index in [-0.39, 0.29) is 25.2 Å². The van der Waals surface area contributed by atoms with Crippen molar-refractivity contribution in [2.45, 2.75) is 49.5 Å². The van der Waals surface area contributed by atoms with Gasteiger partial charge in [-0.15, -0.1) is 0 Å². The molecule has 4 unspecified atom stereocenters. The van der Waals surface area contributed by atoms with E-state index in [0.29, 0.717) is 12.5 Å². The van der Waals surface area contributed by atoms with Gasteiger partial charge in [0, 0.05) is 12.0 Å². The van der Waals surface area contributed by atoms with Crippen molar-refractivity contribution in [2.24, 2.45) is 11.8 Å². The number of hydrogen-bond donors (Lipinski definition) is 1. The Kier molecular flexibility index (Phi) is 3.80. The van der Waals surface area contributed by atoms with Crippen molar-refractivity contribution in [1.82, 2.24) is 0 Å². The molecule has 0 aromatic carbocycles. The van der Waals surface area contributed by atoms with Crippen LogP contribution in [-0.4, -0.2) is 34.9 Å². The minimum absolute atomic E-state index is 0.223. The van der Waals surface area contributed by atoms with Crippen LogP contribution < -0.4 is 0 Å². The molecule has 0 aliphatic heterocycles. The summed E-state index contributed by atoms with van der Waals surface area (Å²) in [6.07, 6.45) is -8.00. The smallest absolute Gasteiger partial charge is 0.420 e. The summed E-state index contributed by atoms with van der Waals surface area (Å²) in [5, 5.41) is 9.06. The highest BCUT2D eigenvalue weighted by molar-refractivity contribution is 5.81. The van der Waals surface area contributed by atoms with Crippen LogP contribution in [0.3, 0.4) is 0 Å². The molecular formula is C13H15F5O3. The molecule has 0 aromatic heterocycles. The summed E-state index contributed by atoms with van der Waals surface area (Å²) in [7, 11) is 0. The van der Waals surface area contributed by atoms with Gasteiger partial charge < -0.3 is 9.84 Å². The fourth-order valence-corrected chi connectivity index (χ4v) is 3.54. The summed E-state index contributed by atoms with van der Waals surface area (Å²) in [5.41, 5.74) is -2.61. The molecule has 2 saturated carbocycles. The van der Waals surface area contributed by atoms with Crippen molar-refractivity contribution in [3.8, 4) is 0 Å². The topological polar surface area (TPSA) is 46.5 Å². The predicted octanol–water partition coefficient (Wildman–Crippen LogP) is 2.83. The zero-order valence-corrected chi connectivity index (χ0v) is 11.0. The molecule has 0 heterocycles. The van der Waals surface area contributed by atoms with Crippen LogP contribution in [0.15, 0.2) is 12.7 Å². The van der Waals surface area contributed by atoms with Gasteiger partial charge in [0.2, 0.25) is 6.10 Å². The second-order valence-corrected chi connectivity index (χ2v) is 5.66. The Labute approximate surface area is 117 Å². The lowest BCUT2D eigenvalue weighted by Gasteiger charge is -2.44. The molecule has 120 valence electrons. The Morgan fingerprint density at radius 2 is 1.95 bits per heavy atom. The molecule has 2 bridgehead atoms. The molecule has 1 N–H and O–H groups in total. The van der Waals surface area contributed by atoms with Crippen molar-refractivity contribution < 1.29 is 36.6 Å². The molecule has 0 amide bonds. The van der Waals surface area contributed by atoms with E-state index in [9.17, 15) is 26.7 Å². The van der Waals surface area contributed by atoms with Gasteiger partial charge in [-0.1, -0.05) is 6.58 Å². The third-order valence-electron chi connectivity index (χ3n) is 4.46. The van der Waals surface area contributed by atoms with Gasteiger partial charge in [0.25, 0.3) is 0 Å². The van der Waals surface area contributed by atoms with E-state index in [0.717, 1.165) is 0 Å². The van der Waals surface area contributed by atoms with Crippen LogP contribution >= 0.6 is 0 Å². The number of halogens is 5. The van der Waals surface area contributed by atoms with E-state index in [1.54, 1.807) is 0 Å². The average molecular weight is 314 g/mol. The highest BCUT2D eigenvalue weighted by Gasteiger charge is 2.73. The molecule has 3 nitrogen and oxygen atoms in total. The number of hydrogen-bond acceptors (Lipinski definition) is 3. The van der Waals surface area contributed by atoms with E-state index in [2.05, 4.69) is 6.58 Å².